The summed E-state index contributed by atoms with van der Waals surface area (Å²) in [5.74, 6) is 1.49. The SMILES string of the molecule is CNc1ccnc(N2CCCn3nc([C@H](O)c4ccnn4C)cc3C2)n1. The van der Waals surface area contributed by atoms with Gasteiger partial charge < -0.3 is 15.3 Å². The first kappa shape index (κ1) is 16.5. The molecule has 0 spiro atoms. The normalized spacial score (nSPS) is 15.4. The van der Waals surface area contributed by atoms with Crippen LogP contribution in [0.4, 0.5) is 11.8 Å². The van der Waals surface area contributed by atoms with E-state index >= 15 is 0 Å². The second-order valence-electron chi connectivity index (χ2n) is 6.33. The molecule has 3 aromatic heterocycles. The van der Waals surface area contributed by atoms with E-state index in [4.69, 9.17) is 0 Å². The lowest BCUT2D eigenvalue weighted by atomic mass is 10.2. The van der Waals surface area contributed by atoms with Crippen molar-refractivity contribution < 1.29 is 5.11 Å². The van der Waals surface area contributed by atoms with Crippen molar-refractivity contribution in [1.29, 1.82) is 0 Å². The van der Waals surface area contributed by atoms with Crippen LogP contribution in [0.5, 0.6) is 0 Å². The summed E-state index contributed by atoms with van der Waals surface area (Å²) in [6.07, 6.45) is 3.57. The molecule has 9 nitrogen and oxygen atoms in total. The van der Waals surface area contributed by atoms with Gasteiger partial charge in [-0.15, -0.1) is 0 Å². The molecule has 0 saturated carbocycles. The van der Waals surface area contributed by atoms with Gasteiger partial charge in [-0.3, -0.25) is 9.36 Å². The van der Waals surface area contributed by atoms with E-state index in [0.29, 0.717) is 18.2 Å². The number of fused-ring (bicyclic) bond motifs is 1. The molecular formula is C17H22N8O. The molecule has 2 N–H and O–H groups in total. The number of aryl methyl sites for hydroxylation is 2. The summed E-state index contributed by atoms with van der Waals surface area (Å²) in [7, 11) is 3.66. The minimum Gasteiger partial charge on any atom is -0.380 e. The Labute approximate surface area is 151 Å². The van der Waals surface area contributed by atoms with E-state index in [2.05, 4.69) is 30.4 Å². The van der Waals surface area contributed by atoms with Crippen molar-refractivity contribution in [1.82, 2.24) is 29.5 Å². The largest absolute Gasteiger partial charge is 0.380 e. The van der Waals surface area contributed by atoms with Crippen molar-refractivity contribution in [2.45, 2.75) is 25.6 Å². The molecule has 4 heterocycles. The van der Waals surface area contributed by atoms with Gasteiger partial charge in [0.15, 0.2) is 0 Å². The van der Waals surface area contributed by atoms with Crippen molar-refractivity contribution in [3.8, 4) is 0 Å². The van der Waals surface area contributed by atoms with Crippen molar-refractivity contribution in [2.75, 3.05) is 23.8 Å². The first-order chi connectivity index (χ1) is 12.7. The quantitative estimate of drug-likeness (QED) is 0.720. The Bertz CT molecular complexity index is 902. The van der Waals surface area contributed by atoms with E-state index in [9.17, 15) is 5.11 Å². The minimum absolute atomic E-state index is 0.635. The molecule has 0 radical (unpaired) electrons. The van der Waals surface area contributed by atoms with Crippen LogP contribution in [0.1, 0.15) is 29.6 Å². The van der Waals surface area contributed by atoms with E-state index in [1.54, 1.807) is 23.1 Å². The Morgan fingerprint density at radius 3 is 2.88 bits per heavy atom. The fraction of sp³-hybridized carbons (Fsp3) is 0.412. The first-order valence-electron chi connectivity index (χ1n) is 8.64. The molecule has 3 aromatic rings. The minimum atomic E-state index is -0.792. The van der Waals surface area contributed by atoms with Crippen molar-refractivity contribution >= 4 is 11.8 Å². The van der Waals surface area contributed by atoms with Gasteiger partial charge in [0.1, 0.15) is 11.9 Å². The van der Waals surface area contributed by atoms with Gasteiger partial charge in [0.25, 0.3) is 0 Å². The zero-order valence-electron chi connectivity index (χ0n) is 14.9. The number of nitrogens with zero attached hydrogens (tertiary/aromatic N) is 7. The highest BCUT2D eigenvalue weighted by atomic mass is 16.3. The zero-order valence-corrected chi connectivity index (χ0v) is 14.9. The summed E-state index contributed by atoms with van der Waals surface area (Å²) < 4.78 is 3.63. The van der Waals surface area contributed by atoms with Crippen LogP contribution in [0.3, 0.4) is 0 Å². The van der Waals surface area contributed by atoms with Gasteiger partial charge in [-0.05, 0) is 24.6 Å². The van der Waals surface area contributed by atoms with Crippen LogP contribution in [-0.4, -0.2) is 48.2 Å². The third-order valence-electron chi connectivity index (χ3n) is 4.63. The van der Waals surface area contributed by atoms with Crippen LogP contribution in [0.25, 0.3) is 0 Å². The number of rotatable bonds is 4. The molecule has 0 bridgehead atoms. The van der Waals surface area contributed by atoms with E-state index in [-0.39, 0.29) is 0 Å². The second-order valence-corrected chi connectivity index (χ2v) is 6.33. The highest BCUT2D eigenvalue weighted by molar-refractivity contribution is 5.41. The monoisotopic (exact) mass is 354 g/mol. The number of hydrogen-bond donors (Lipinski definition) is 2. The van der Waals surface area contributed by atoms with Gasteiger partial charge in [-0.25, -0.2) is 4.98 Å². The van der Waals surface area contributed by atoms with E-state index < -0.39 is 6.10 Å². The average Bonchev–Trinajstić information content (AvgIpc) is 3.21. The van der Waals surface area contributed by atoms with Gasteiger partial charge in [0, 0.05) is 39.6 Å². The highest BCUT2D eigenvalue weighted by Gasteiger charge is 2.23. The average molecular weight is 354 g/mol. The molecule has 1 atom stereocenters. The van der Waals surface area contributed by atoms with Gasteiger partial charge in [0.05, 0.1) is 23.6 Å². The highest BCUT2D eigenvalue weighted by Crippen LogP contribution is 2.24. The smallest absolute Gasteiger partial charge is 0.227 e. The third kappa shape index (κ3) is 3.01. The Kier molecular flexibility index (Phi) is 4.29. The van der Waals surface area contributed by atoms with Crippen molar-refractivity contribution in [3.05, 3.63) is 47.7 Å². The lowest BCUT2D eigenvalue weighted by molar-refractivity contribution is 0.203. The van der Waals surface area contributed by atoms with E-state index in [1.165, 1.54) is 0 Å². The van der Waals surface area contributed by atoms with Crippen LogP contribution >= 0.6 is 0 Å². The summed E-state index contributed by atoms with van der Waals surface area (Å²) >= 11 is 0. The van der Waals surface area contributed by atoms with E-state index in [1.807, 2.05) is 30.9 Å². The topological polar surface area (TPSA) is 96.9 Å². The lowest BCUT2D eigenvalue weighted by Crippen LogP contribution is -2.24. The van der Waals surface area contributed by atoms with Crippen molar-refractivity contribution in [2.24, 2.45) is 7.05 Å². The lowest BCUT2D eigenvalue weighted by Gasteiger charge is -2.20. The fourth-order valence-corrected chi connectivity index (χ4v) is 3.23. The predicted octanol–water partition coefficient (Wildman–Crippen LogP) is 0.940. The number of aliphatic hydroxyl groups is 1. The first-order valence-corrected chi connectivity index (χ1v) is 8.64. The maximum Gasteiger partial charge on any atom is 0.227 e. The number of anilines is 2. The molecular weight excluding hydrogens is 332 g/mol. The molecule has 9 heteroatoms. The van der Waals surface area contributed by atoms with Gasteiger partial charge in [0.2, 0.25) is 5.95 Å². The summed E-state index contributed by atoms with van der Waals surface area (Å²) in [6.45, 7) is 2.31. The Morgan fingerprint density at radius 1 is 1.23 bits per heavy atom. The summed E-state index contributed by atoms with van der Waals surface area (Å²) in [5.41, 5.74) is 2.40. The second kappa shape index (κ2) is 6.75. The maximum absolute atomic E-state index is 10.6. The molecule has 136 valence electrons. The van der Waals surface area contributed by atoms with Gasteiger partial charge in [-0.1, -0.05) is 0 Å². The van der Waals surface area contributed by atoms with Crippen molar-refractivity contribution in [3.63, 3.8) is 0 Å². The van der Waals surface area contributed by atoms with Crippen LogP contribution in [0.15, 0.2) is 30.6 Å². The molecule has 0 aromatic carbocycles. The van der Waals surface area contributed by atoms with Gasteiger partial charge >= 0.3 is 0 Å². The zero-order chi connectivity index (χ0) is 18.1. The molecule has 0 saturated heterocycles. The maximum atomic E-state index is 10.6. The van der Waals surface area contributed by atoms with E-state index in [0.717, 1.165) is 36.7 Å². The summed E-state index contributed by atoms with van der Waals surface area (Å²) in [5, 5.41) is 22.4. The van der Waals surface area contributed by atoms with Gasteiger partial charge in [-0.2, -0.15) is 15.2 Å². The Morgan fingerprint density at radius 2 is 2.12 bits per heavy atom. The summed E-state index contributed by atoms with van der Waals surface area (Å²) in [6, 6.07) is 5.60. The predicted molar refractivity (Wildman–Crippen MR) is 96.7 cm³/mol. The fourth-order valence-electron chi connectivity index (χ4n) is 3.23. The molecule has 4 rings (SSSR count). The molecule has 0 fully saturated rings. The molecule has 26 heavy (non-hydrogen) atoms. The number of aliphatic hydroxyl groups excluding tert-OH is 1. The molecule has 1 aliphatic rings. The molecule has 1 aliphatic heterocycles. The summed E-state index contributed by atoms with van der Waals surface area (Å²) in [4.78, 5) is 11.1. The molecule has 0 unspecified atom stereocenters. The van der Waals surface area contributed by atoms with Crippen LogP contribution in [-0.2, 0) is 20.1 Å². The third-order valence-corrected chi connectivity index (χ3v) is 4.63. The number of nitrogens with one attached hydrogen (secondary N) is 1. The molecule has 0 amide bonds. The molecule has 0 aliphatic carbocycles. The van der Waals surface area contributed by atoms with Crippen LogP contribution < -0.4 is 10.2 Å². The van der Waals surface area contributed by atoms with Crippen LogP contribution in [0.2, 0.25) is 0 Å². The number of hydrogen-bond acceptors (Lipinski definition) is 7. The Balaban J connectivity index is 1.60. The Hall–Kier alpha value is -2.94. The van der Waals surface area contributed by atoms with Crippen LogP contribution in [0, 0.1) is 0 Å². The standard InChI is InChI=1S/C17H22N8O/c1-18-15-5-6-19-17(21-15)24-8-3-9-25-12(11-24)10-13(22-25)16(26)14-4-7-20-23(14)2/h4-7,10,16,26H,3,8-9,11H2,1-2H3,(H,18,19,21)/t16-/m0/s1. The number of aromatic nitrogens is 6.